The van der Waals surface area contributed by atoms with Gasteiger partial charge in [0.05, 0.1) is 18.0 Å². The summed E-state index contributed by atoms with van der Waals surface area (Å²) in [4.78, 5) is 12.3. The molecular weight excluding hydrogens is 340 g/mol. The quantitative estimate of drug-likeness (QED) is 0.822. The molecule has 7 heteroatoms. The Morgan fingerprint density at radius 2 is 1.68 bits per heavy atom. The van der Waals surface area contributed by atoms with E-state index in [-0.39, 0.29) is 12.6 Å². The maximum Gasteiger partial charge on any atom is 0.245 e. The van der Waals surface area contributed by atoms with Gasteiger partial charge in [-0.25, -0.2) is 8.42 Å². The van der Waals surface area contributed by atoms with Crippen LogP contribution in [0.3, 0.4) is 0 Å². The number of benzene rings is 2. The van der Waals surface area contributed by atoms with E-state index in [9.17, 15) is 13.2 Å². The van der Waals surface area contributed by atoms with E-state index in [2.05, 4.69) is 5.32 Å². The maximum absolute atomic E-state index is 12.3. The second-order valence-electron chi connectivity index (χ2n) is 5.82. The van der Waals surface area contributed by atoms with Crippen LogP contribution >= 0.6 is 0 Å². The number of hydrogen-bond acceptors (Lipinski definition) is 4. The third-order valence-corrected chi connectivity index (χ3v) is 4.37. The van der Waals surface area contributed by atoms with Crippen molar-refractivity contribution < 1.29 is 17.9 Å². The van der Waals surface area contributed by atoms with Gasteiger partial charge in [-0.15, -0.1) is 0 Å². The number of anilines is 2. The lowest BCUT2D eigenvalue weighted by atomic mass is 10.2. The predicted molar refractivity (Wildman–Crippen MR) is 99.5 cm³/mol. The van der Waals surface area contributed by atoms with Crippen LogP contribution in [0, 0.1) is 0 Å². The largest absolute Gasteiger partial charge is 0.489 e. The summed E-state index contributed by atoms with van der Waals surface area (Å²) in [5.41, 5.74) is 0.939. The molecule has 0 aliphatic carbocycles. The van der Waals surface area contributed by atoms with Gasteiger partial charge >= 0.3 is 0 Å². The molecule has 0 saturated heterocycles. The van der Waals surface area contributed by atoms with Crippen molar-refractivity contribution in [3.8, 4) is 5.75 Å². The summed E-state index contributed by atoms with van der Waals surface area (Å²) in [6.07, 6.45) is 0.940. The molecule has 0 saturated carbocycles. The van der Waals surface area contributed by atoms with Crippen molar-refractivity contribution in [2.45, 2.75) is 20.0 Å². The molecule has 134 valence electrons. The maximum atomic E-state index is 12.3. The Bertz CT molecular complexity index is 820. The van der Waals surface area contributed by atoms with Gasteiger partial charge in [0.2, 0.25) is 15.9 Å². The van der Waals surface area contributed by atoms with Crippen LogP contribution in [-0.2, 0) is 14.8 Å². The van der Waals surface area contributed by atoms with Crippen molar-refractivity contribution in [2.75, 3.05) is 22.4 Å². The lowest BCUT2D eigenvalue weighted by Crippen LogP contribution is -2.37. The molecule has 0 aliphatic heterocycles. The van der Waals surface area contributed by atoms with E-state index in [4.69, 9.17) is 4.74 Å². The first kappa shape index (κ1) is 18.8. The molecule has 1 N–H and O–H groups in total. The van der Waals surface area contributed by atoms with Crippen LogP contribution in [0.1, 0.15) is 13.8 Å². The first-order chi connectivity index (χ1) is 11.8. The SMILES string of the molecule is CC(C)Oc1ccccc1N(CC(=O)Nc1ccccc1)S(C)(=O)=O. The van der Waals surface area contributed by atoms with Crippen LogP contribution in [0.5, 0.6) is 5.75 Å². The molecule has 0 aliphatic rings. The van der Waals surface area contributed by atoms with Gasteiger partial charge in [-0.1, -0.05) is 30.3 Å². The summed E-state index contributed by atoms with van der Waals surface area (Å²) in [5, 5.41) is 2.69. The lowest BCUT2D eigenvalue weighted by Gasteiger charge is -2.25. The first-order valence-electron chi connectivity index (χ1n) is 7.85. The van der Waals surface area contributed by atoms with Gasteiger partial charge in [-0.3, -0.25) is 9.10 Å². The molecule has 2 rings (SSSR count). The normalized spacial score (nSPS) is 11.2. The second kappa shape index (κ2) is 8.02. The summed E-state index contributed by atoms with van der Waals surface area (Å²) in [6.45, 7) is 3.36. The van der Waals surface area contributed by atoms with E-state index >= 15 is 0 Å². The first-order valence-corrected chi connectivity index (χ1v) is 9.70. The molecule has 2 aromatic carbocycles. The third kappa shape index (κ3) is 5.49. The summed E-state index contributed by atoms with van der Waals surface area (Å²) in [6, 6.07) is 15.6. The fourth-order valence-corrected chi connectivity index (χ4v) is 3.11. The second-order valence-corrected chi connectivity index (χ2v) is 7.72. The van der Waals surface area contributed by atoms with Crippen LogP contribution < -0.4 is 14.4 Å². The fraction of sp³-hybridized carbons (Fsp3) is 0.278. The molecule has 1 amide bonds. The van der Waals surface area contributed by atoms with E-state index in [0.29, 0.717) is 17.1 Å². The van der Waals surface area contributed by atoms with Crippen LogP contribution in [-0.4, -0.2) is 33.2 Å². The molecule has 0 unspecified atom stereocenters. The number of amides is 1. The highest BCUT2D eigenvalue weighted by atomic mass is 32.2. The van der Waals surface area contributed by atoms with Crippen LogP contribution in [0.4, 0.5) is 11.4 Å². The molecule has 0 aromatic heterocycles. The zero-order valence-electron chi connectivity index (χ0n) is 14.5. The van der Waals surface area contributed by atoms with Crippen LogP contribution in [0.15, 0.2) is 54.6 Å². The van der Waals surface area contributed by atoms with Crippen molar-refractivity contribution in [3.05, 3.63) is 54.6 Å². The summed E-state index contributed by atoms with van der Waals surface area (Å²) in [5.74, 6) is -0.0218. The summed E-state index contributed by atoms with van der Waals surface area (Å²) in [7, 11) is -3.67. The van der Waals surface area contributed by atoms with E-state index in [1.165, 1.54) is 0 Å². The number of carbonyl (C=O) groups excluding carboxylic acids is 1. The Morgan fingerprint density at radius 3 is 2.28 bits per heavy atom. The molecule has 25 heavy (non-hydrogen) atoms. The number of rotatable bonds is 7. The highest BCUT2D eigenvalue weighted by Gasteiger charge is 2.24. The molecule has 0 heterocycles. The van der Waals surface area contributed by atoms with E-state index in [0.717, 1.165) is 10.6 Å². The van der Waals surface area contributed by atoms with Gasteiger partial charge in [0.1, 0.15) is 12.3 Å². The average molecular weight is 362 g/mol. The smallest absolute Gasteiger partial charge is 0.245 e. The molecule has 2 aromatic rings. The molecule has 0 atom stereocenters. The molecule has 0 bridgehead atoms. The monoisotopic (exact) mass is 362 g/mol. The fourth-order valence-electron chi connectivity index (χ4n) is 2.25. The minimum Gasteiger partial charge on any atom is -0.489 e. The summed E-state index contributed by atoms with van der Waals surface area (Å²) >= 11 is 0. The molecule has 0 spiro atoms. The van der Waals surface area contributed by atoms with Gasteiger partial charge in [-0.05, 0) is 38.1 Å². The summed E-state index contributed by atoms with van der Waals surface area (Å²) < 4.78 is 31.2. The van der Waals surface area contributed by atoms with Crippen LogP contribution in [0.25, 0.3) is 0 Å². The molecule has 0 radical (unpaired) electrons. The highest BCUT2D eigenvalue weighted by molar-refractivity contribution is 7.92. The Kier molecular flexibility index (Phi) is 6.03. The topological polar surface area (TPSA) is 75.7 Å². The molecular formula is C18H22N2O4S. The minimum absolute atomic E-state index is 0.124. The number of carbonyl (C=O) groups is 1. The van der Waals surface area contributed by atoms with Crippen molar-refractivity contribution in [1.29, 1.82) is 0 Å². The van der Waals surface area contributed by atoms with E-state index < -0.39 is 15.9 Å². The lowest BCUT2D eigenvalue weighted by molar-refractivity contribution is -0.114. The van der Waals surface area contributed by atoms with Crippen molar-refractivity contribution >= 4 is 27.3 Å². The third-order valence-electron chi connectivity index (χ3n) is 3.24. The zero-order chi connectivity index (χ0) is 18.4. The Balaban J connectivity index is 2.28. The van der Waals surface area contributed by atoms with Crippen LogP contribution in [0.2, 0.25) is 0 Å². The number of nitrogens with zero attached hydrogens (tertiary/aromatic N) is 1. The number of hydrogen-bond donors (Lipinski definition) is 1. The number of sulfonamides is 1. The van der Waals surface area contributed by atoms with Gasteiger partial charge < -0.3 is 10.1 Å². The Labute approximate surface area is 148 Å². The Morgan fingerprint density at radius 1 is 1.08 bits per heavy atom. The van der Waals surface area contributed by atoms with E-state index in [1.807, 2.05) is 19.9 Å². The van der Waals surface area contributed by atoms with Gasteiger partial charge in [-0.2, -0.15) is 0 Å². The van der Waals surface area contributed by atoms with Crippen molar-refractivity contribution in [2.24, 2.45) is 0 Å². The van der Waals surface area contributed by atoms with Crippen molar-refractivity contribution in [1.82, 2.24) is 0 Å². The number of nitrogens with one attached hydrogen (secondary N) is 1. The number of ether oxygens (including phenoxy) is 1. The average Bonchev–Trinajstić information content (AvgIpc) is 2.53. The van der Waals surface area contributed by atoms with Gasteiger partial charge in [0.25, 0.3) is 0 Å². The standard InChI is InChI=1S/C18H22N2O4S/c1-14(2)24-17-12-8-7-11-16(17)20(25(3,22)23)13-18(21)19-15-9-5-4-6-10-15/h4-12,14H,13H2,1-3H3,(H,19,21). The molecule has 6 nitrogen and oxygen atoms in total. The Hall–Kier alpha value is -2.54. The number of para-hydroxylation sites is 3. The minimum atomic E-state index is -3.67. The van der Waals surface area contributed by atoms with Crippen molar-refractivity contribution in [3.63, 3.8) is 0 Å². The highest BCUT2D eigenvalue weighted by Crippen LogP contribution is 2.30. The van der Waals surface area contributed by atoms with Gasteiger partial charge in [0.15, 0.2) is 0 Å². The van der Waals surface area contributed by atoms with Gasteiger partial charge in [0, 0.05) is 5.69 Å². The van der Waals surface area contributed by atoms with E-state index in [1.54, 1.807) is 48.5 Å². The zero-order valence-corrected chi connectivity index (χ0v) is 15.3. The predicted octanol–water partition coefficient (Wildman–Crippen LogP) is 2.88. The molecule has 0 fully saturated rings.